The van der Waals surface area contributed by atoms with E-state index in [-0.39, 0.29) is 0 Å². The van der Waals surface area contributed by atoms with Crippen molar-refractivity contribution in [2.45, 2.75) is 50.7 Å². The molecule has 0 aromatic heterocycles. The van der Waals surface area contributed by atoms with Crippen molar-refractivity contribution in [1.29, 1.82) is 0 Å². The van der Waals surface area contributed by atoms with Crippen LogP contribution in [0.4, 0.5) is 0 Å². The number of nitrogens with one attached hydrogen (secondary N) is 1. The van der Waals surface area contributed by atoms with Gasteiger partial charge in [-0.25, -0.2) is 0 Å². The van der Waals surface area contributed by atoms with E-state index in [2.05, 4.69) is 35.3 Å². The summed E-state index contributed by atoms with van der Waals surface area (Å²) in [6, 6.07) is 6.58. The molecule has 1 unspecified atom stereocenters. The van der Waals surface area contributed by atoms with E-state index in [0.717, 1.165) is 31.8 Å². The first-order valence-electron chi connectivity index (χ1n) is 8.46. The monoisotopic (exact) mass is 286 g/mol. The minimum absolute atomic E-state index is 0.346. The van der Waals surface area contributed by atoms with Crippen LogP contribution in [-0.2, 0) is 6.42 Å². The van der Waals surface area contributed by atoms with Crippen LogP contribution >= 0.6 is 0 Å². The summed E-state index contributed by atoms with van der Waals surface area (Å²) in [7, 11) is 0. The SMILES string of the molecule is Cc1ccc2c(c1)CC(CN1CCNC3(CCCC3)C1)O2. The highest BCUT2D eigenvalue weighted by Gasteiger charge is 2.38. The van der Waals surface area contributed by atoms with E-state index in [1.165, 1.54) is 43.4 Å². The molecular formula is C18H26N2O. The lowest BCUT2D eigenvalue weighted by Gasteiger charge is -2.42. The van der Waals surface area contributed by atoms with Gasteiger partial charge in [-0.05, 0) is 31.4 Å². The molecule has 0 bridgehead atoms. The number of ether oxygens (including phenoxy) is 1. The van der Waals surface area contributed by atoms with Gasteiger partial charge < -0.3 is 10.1 Å². The number of nitrogens with zero attached hydrogens (tertiary/aromatic N) is 1. The molecule has 0 radical (unpaired) electrons. The molecule has 1 saturated heterocycles. The Morgan fingerprint density at radius 1 is 1.33 bits per heavy atom. The first-order valence-corrected chi connectivity index (χ1v) is 8.46. The third kappa shape index (κ3) is 2.69. The molecule has 1 atom stereocenters. The molecular weight excluding hydrogens is 260 g/mol. The zero-order valence-corrected chi connectivity index (χ0v) is 13.0. The third-order valence-corrected chi connectivity index (χ3v) is 5.43. The Kier molecular flexibility index (Phi) is 3.43. The van der Waals surface area contributed by atoms with Gasteiger partial charge in [-0.3, -0.25) is 4.90 Å². The van der Waals surface area contributed by atoms with Gasteiger partial charge in [0.05, 0.1) is 0 Å². The van der Waals surface area contributed by atoms with Gasteiger partial charge in [0.2, 0.25) is 0 Å². The normalized spacial score (nSPS) is 27.8. The summed E-state index contributed by atoms with van der Waals surface area (Å²) in [4.78, 5) is 2.63. The molecule has 1 N–H and O–H groups in total. The van der Waals surface area contributed by atoms with Gasteiger partial charge in [0.25, 0.3) is 0 Å². The number of rotatable bonds is 2. The summed E-state index contributed by atoms with van der Waals surface area (Å²) in [5.74, 6) is 1.11. The van der Waals surface area contributed by atoms with Crippen LogP contribution in [0.15, 0.2) is 18.2 Å². The predicted molar refractivity (Wildman–Crippen MR) is 84.9 cm³/mol. The Hall–Kier alpha value is -1.06. The summed E-state index contributed by atoms with van der Waals surface area (Å²) >= 11 is 0. The maximum atomic E-state index is 6.15. The lowest BCUT2D eigenvalue weighted by molar-refractivity contribution is 0.0904. The lowest BCUT2D eigenvalue weighted by Crippen LogP contribution is -2.60. The van der Waals surface area contributed by atoms with Crippen molar-refractivity contribution in [3.63, 3.8) is 0 Å². The van der Waals surface area contributed by atoms with E-state index in [9.17, 15) is 0 Å². The van der Waals surface area contributed by atoms with Gasteiger partial charge in [0, 0.05) is 38.1 Å². The maximum Gasteiger partial charge on any atom is 0.123 e. The lowest BCUT2D eigenvalue weighted by atomic mass is 9.94. The summed E-state index contributed by atoms with van der Waals surface area (Å²) in [6.45, 7) is 6.75. The van der Waals surface area contributed by atoms with E-state index >= 15 is 0 Å². The molecule has 2 fully saturated rings. The quantitative estimate of drug-likeness (QED) is 0.904. The Morgan fingerprint density at radius 3 is 3.05 bits per heavy atom. The predicted octanol–water partition coefficient (Wildman–Crippen LogP) is 2.52. The molecule has 114 valence electrons. The Balaban J connectivity index is 1.39. The molecule has 4 rings (SSSR count). The van der Waals surface area contributed by atoms with Crippen molar-refractivity contribution in [3.8, 4) is 5.75 Å². The van der Waals surface area contributed by atoms with E-state index in [1.807, 2.05) is 0 Å². The average molecular weight is 286 g/mol. The Labute approximate surface area is 127 Å². The van der Waals surface area contributed by atoms with Crippen LogP contribution in [0.25, 0.3) is 0 Å². The molecule has 1 spiro atoms. The summed E-state index contributed by atoms with van der Waals surface area (Å²) in [6.07, 6.45) is 6.92. The second-order valence-electron chi connectivity index (χ2n) is 7.20. The largest absolute Gasteiger partial charge is 0.488 e. The van der Waals surface area contributed by atoms with Crippen LogP contribution in [0.1, 0.15) is 36.8 Å². The van der Waals surface area contributed by atoms with Crippen molar-refractivity contribution in [2.75, 3.05) is 26.2 Å². The fraction of sp³-hybridized carbons (Fsp3) is 0.667. The smallest absolute Gasteiger partial charge is 0.123 e. The molecule has 3 aliphatic rings. The van der Waals surface area contributed by atoms with Crippen molar-refractivity contribution >= 4 is 0 Å². The highest BCUT2D eigenvalue weighted by molar-refractivity contribution is 5.40. The molecule has 1 saturated carbocycles. The fourth-order valence-corrected chi connectivity index (χ4v) is 4.42. The third-order valence-electron chi connectivity index (χ3n) is 5.43. The number of aryl methyl sites for hydroxylation is 1. The van der Waals surface area contributed by atoms with Gasteiger partial charge in [-0.1, -0.05) is 30.5 Å². The minimum Gasteiger partial charge on any atom is -0.488 e. The topological polar surface area (TPSA) is 24.5 Å². The zero-order valence-electron chi connectivity index (χ0n) is 13.0. The van der Waals surface area contributed by atoms with Crippen molar-refractivity contribution in [2.24, 2.45) is 0 Å². The molecule has 2 heterocycles. The summed E-state index contributed by atoms with van der Waals surface area (Å²) < 4.78 is 6.15. The van der Waals surface area contributed by atoms with E-state index in [1.54, 1.807) is 0 Å². The van der Waals surface area contributed by atoms with Crippen molar-refractivity contribution < 1.29 is 4.74 Å². The second kappa shape index (κ2) is 5.29. The molecule has 3 heteroatoms. The maximum absolute atomic E-state index is 6.15. The molecule has 1 aromatic carbocycles. The molecule has 2 aliphatic heterocycles. The highest BCUT2D eigenvalue weighted by atomic mass is 16.5. The Morgan fingerprint density at radius 2 is 2.19 bits per heavy atom. The Bertz CT molecular complexity index is 522. The number of hydrogen-bond acceptors (Lipinski definition) is 3. The molecule has 21 heavy (non-hydrogen) atoms. The summed E-state index contributed by atoms with van der Waals surface area (Å²) in [5.41, 5.74) is 3.15. The van der Waals surface area contributed by atoms with E-state index < -0.39 is 0 Å². The van der Waals surface area contributed by atoms with Gasteiger partial charge >= 0.3 is 0 Å². The van der Waals surface area contributed by atoms with Crippen LogP contribution < -0.4 is 10.1 Å². The molecule has 3 nitrogen and oxygen atoms in total. The number of fused-ring (bicyclic) bond motifs is 1. The van der Waals surface area contributed by atoms with Crippen LogP contribution in [0.2, 0.25) is 0 Å². The van der Waals surface area contributed by atoms with E-state index in [0.29, 0.717) is 11.6 Å². The minimum atomic E-state index is 0.346. The van der Waals surface area contributed by atoms with Crippen LogP contribution in [0.5, 0.6) is 5.75 Å². The fourth-order valence-electron chi connectivity index (χ4n) is 4.42. The van der Waals surface area contributed by atoms with Crippen LogP contribution in [-0.4, -0.2) is 42.7 Å². The highest BCUT2D eigenvalue weighted by Crippen LogP contribution is 2.33. The van der Waals surface area contributed by atoms with Crippen LogP contribution in [0.3, 0.4) is 0 Å². The van der Waals surface area contributed by atoms with Crippen molar-refractivity contribution in [1.82, 2.24) is 10.2 Å². The second-order valence-corrected chi connectivity index (χ2v) is 7.20. The van der Waals surface area contributed by atoms with Gasteiger partial charge in [-0.2, -0.15) is 0 Å². The molecule has 0 amide bonds. The number of hydrogen-bond donors (Lipinski definition) is 1. The van der Waals surface area contributed by atoms with Gasteiger partial charge in [0.1, 0.15) is 11.9 Å². The standard InChI is InChI=1S/C18H26N2O/c1-14-4-5-17-15(10-14)11-16(21-17)12-20-9-8-19-18(13-20)6-2-3-7-18/h4-5,10,16,19H,2-3,6-9,11-13H2,1H3. The van der Waals surface area contributed by atoms with Crippen molar-refractivity contribution in [3.05, 3.63) is 29.3 Å². The zero-order chi connectivity index (χ0) is 14.3. The average Bonchev–Trinajstić information content (AvgIpc) is 3.05. The molecule has 1 aromatic rings. The number of piperazine rings is 1. The first kappa shape index (κ1) is 13.6. The van der Waals surface area contributed by atoms with Gasteiger partial charge in [0.15, 0.2) is 0 Å². The summed E-state index contributed by atoms with van der Waals surface area (Å²) in [5, 5.41) is 3.79. The number of benzene rings is 1. The van der Waals surface area contributed by atoms with E-state index in [4.69, 9.17) is 4.74 Å². The molecule has 1 aliphatic carbocycles. The van der Waals surface area contributed by atoms with Gasteiger partial charge in [-0.15, -0.1) is 0 Å². The first-order chi connectivity index (χ1) is 10.2. The van der Waals surface area contributed by atoms with Crippen LogP contribution in [0, 0.1) is 6.92 Å².